The van der Waals surface area contributed by atoms with E-state index in [1.807, 2.05) is 0 Å². The maximum absolute atomic E-state index is 11.9. The topological polar surface area (TPSA) is 46.5 Å². The standard InChI is InChI=1S/C19H38O3/c1-18(2,14-15-20)12-8-6-10-17(21)11-7-9-13-19(3,4)16-22-5/h20H,6-16H2,1-5H3. The molecule has 0 fully saturated rings. The van der Waals surface area contributed by atoms with Crippen LogP contribution in [-0.2, 0) is 9.53 Å². The van der Waals surface area contributed by atoms with Crippen molar-refractivity contribution in [3.05, 3.63) is 0 Å². The summed E-state index contributed by atoms with van der Waals surface area (Å²) in [6.07, 6.45) is 8.67. The average Bonchev–Trinajstić information content (AvgIpc) is 2.40. The van der Waals surface area contributed by atoms with E-state index >= 15 is 0 Å². The number of ketones is 1. The molecule has 0 amide bonds. The summed E-state index contributed by atoms with van der Waals surface area (Å²) in [6, 6.07) is 0. The lowest BCUT2D eigenvalue weighted by Crippen LogP contribution is -2.18. The van der Waals surface area contributed by atoms with Crippen LogP contribution in [0.15, 0.2) is 0 Å². The van der Waals surface area contributed by atoms with Gasteiger partial charge in [0.15, 0.2) is 0 Å². The van der Waals surface area contributed by atoms with Gasteiger partial charge >= 0.3 is 0 Å². The van der Waals surface area contributed by atoms with E-state index in [1.54, 1.807) is 7.11 Å². The highest BCUT2D eigenvalue weighted by atomic mass is 16.5. The van der Waals surface area contributed by atoms with Gasteiger partial charge in [-0.3, -0.25) is 4.79 Å². The molecule has 0 saturated heterocycles. The smallest absolute Gasteiger partial charge is 0.132 e. The molecule has 3 heteroatoms. The second-order valence-electron chi connectivity index (χ2n) is 8.19. The zero-order valence-corrected chi connectivity index (χ0v) is 15.5. The van der Waals surface area contributed by atoms with Crippen molar-refractivity contribution in [1.82, 2.24) is 0 Å². The van der Waals surface area contributed by atoms with Crippen LogP contribution in [0.25, 0.3) is 0 Å². The van der Waals surface area contributed by atoms with Crippen molar-refractivity contribution < 1.29 is 14.6 Å². The van der Waals surface area contributed by atoms with Crippen molar-refractivity contribution >= 4 is 5.78 Å². The highest BCUT2D eigenvalue weighted by Crippen LogP contribution is 2.27. The Labute approximate surface area is 137 Å². The normalized spacial score (nSPS) is 12.6. The number of hydrogen-bond donors (Lipinski definition) is 1. The Bertz CT molecular complexity index is 267. The predicted molar refractivity (Wildman–Crippen MR) is 93.1 cm³/mol. The highest BCUT2D eigenvalue weighted by Gasteiger charge is 2.18. The van der Waals surface area contributed by atoms with Gasteiger partial charge in [-0.1, -0.05) is 40.5 Å². The number of methoxy groups -OCH3 is 1. The van der Waals surface area contributed by atoms with Gasteiger partial charge in [0.2, 0.25) is 0 Å². The van der Waals surface area contributed by atoms with Gasteiger partial charge in [0.1, 0.15) is 5.78 Å². The quantitative estimate of drug-likeness (QED) is 0.470. The number of ether oxygens (including phenoxy) is 1. The van der Waals surface area contributed by atoms with Gasteiger partial charge in [-0.15, -0.1) is 0 Å². The summed E-state index contributed by atoms with van der Waals surface area (Å²) in [5.41, 5.74) is 0.417. The van der Waals surface area contributed by atoms with E-state index < -0.39 is 0 Å². The number of aliphatic hydroxyl groups excluding tert-OH is 1. The number of rotatable bonds is 14. The van der Waals surface area contributed by atoms with Crippen molar-refractivity contribution in [3.63, 3.8) is 0 Å². The van der Waals surface area contributed by atoms with Crippen LogP contribution in [0, 0.1) is 10.8 Å². The summed E-state index contributed by atoms with van der Waals surface area (Å²) in [6.45, 7) is 9.84. The van der Waals surface area contributed by atoms with Crippen LogP contribution in [0.1, 0.15) is 85.5 Å². The highest BCUT2D eigenvalue weighted by molar-refractivity contribution is 5.78. The van der Waals surface area contributed by atoms with Crippen LogP contribution in [0.3, 0.4) is 0 Å². The largest absolute Gasteiger partial charge is 0.396 e. The van der Waals surface area contributed by atoms with E-state index in [0.717, 1.165) is 64.4 Å². The maximum Gasteiger partial charge on any atom is 0.132 e. The second-order valence-corrected chi connectivity index (χ2v) is 8.19. The lowest BCUT2D eigenvalue weighted by Gasteiger charge is -2.23. The number of Topliss-reactive ketones (excluding diaryl/α,β-unsaturated/α-hetero) is 1. The fraction of sp³-hybridized carbons (Fsp3) is 0.947. The Morgan fingerprint density at radius 2 is 1.36 bits per heavy atom. The molecule has 132 valence electrons. The number of hydrogen-bond acceptors (Lipinski definition) is 3. The van der Waals surface area contributed by atoms with E-state index in [2.05, 4.69) is 27.7 Å². The fourth-order valence-corrected chi connectivity index (χ4v) is 2.87. The minimum absolute atomic E-state index is 0.199. The van der Waals surface area contributed by atoms with E-state index in [9.17, 15) is 4.79 Å². The number of carbonyl (C=O) groups excluding carboxylic acids is 1. The third kappa shape index (κ3) is 12.2. The van der Waals surface area contributed by atoms with Crippen LogP contribution < -0.4 is 0 Å². The van der Waals surface area contributed by atoms with Crippen molar-refractivity contribution in [2.24, 2.45) is 10.8 Å². The molecule has 0 bridgehead atoms. The molecule has 0 aliphatic carbocycles. The number of unbranched alkanes of at least 4 members (excludes halogenated alkanes) is 2. The molecule has 3 nitrogen and oxygen atoms in total. The number of aliphatic hydroxyl groups is 1. The first-order chi connectivity index (χ1) is 10.2. The lowest BCUT2D eigenvalue weighted by molar-refractivity contribution is -0.119. The van der Waals surface area contributed by atoms with Crippen LogP contribution >= 0.6 is 0 Å². The molecule has 0 aromatic rings. The molecule has 0 aromatic carbocycles. The summed E-state index contributed by atoms with van der Waals surface area (Å²) >= 11 is 0. The van der Waals surface area contributed by atoms with Gasteiger partial charge in [0, 0.05) is 26.6 Å². The van der Waals surface area contributed by atoms with Crippen LogP contribution in [0.2, 0.25) is 0 Å². The first kappa shape index (κ1) is 21.6. The van der Waals surface area contributed by atoms with Crippen LogP contribution in [0.5, 0.6) is 0 Å². The van der Waals surface area contributed by atoms with Gasteiger partial charge in [0.25, 0.3) is 0 Å². The van der Waals surface area contributed by atoms with Gasteiger partial charge in [0.05, 0.1) is 6.61 Å². The van der Waals surface area contributed by atoms with E-state index in [0.29, 0.717) is 5.78 Å². The minimum Gasteiger partial charge on any atom is -0.396 e. The molecule has 0 heterocycles. The third-order valence-electron chi connectivity index (χ3n) is 4.44. The summed E-state index contributed by atoms with van der Waals surface area (Å²) < 4.78 is 5.21. The molecule has 0 atom stereocenters. The summed E-state index contributed by atoms with van der Waals surface area (Å²) in [7, 11) is 1.74. The molecule has 22 heavy (non-hydrogen) atoms. The lowest BCUT2D eigenvalue weighted by atomic mass is 9.84. The van der Waals surface area contributed by atoms with Crippen molar-refractivity contribution in [3.8, 4) is 0 Å². The predicted octanol–water partition coefficient (Wildman–Crippen LogP) is 4.76. The Balaban J connectivity index is 3.63. The zero-order chi connectivity index (χ0) is 17.1. The van der Waals surface area contributed by atoms with E-state index in [4.69, 9.17) is 9.84 Å². The Morgan fingerprint density at radius 3 is 1.82 bits per heavy atom. The molecular weight excluding hydrogens is 276 g/mol. The monoisotopic (exact) mass is 314 g/mol. The first-order valence-electron chi connectivity index (χ1n) is 8.84. The Morgan fingerprint density at radius 1 is 0.864 bits per heavy atom. The Kier molecular flexibility index (Phi) is 11.0. The van der Waals surface area contributed by atoms with Crippen LogP contribution in [0.4, 0.5) is 0 Å². The molecule has 0 aliphatic rings. The van der Waals surface area contributed by atoms with Gasteiger partial charge in [-0.2, -0.15) is 0 Å². The van der Waals surface area contributed by atoms with Gasteiger partial charge in [-0.25, -0.2) is 0 Å². The molecule has 0 radical (unpaired) electrons. The molecule has 0 saturated carbocycles. The SMILES string of the molecule is COCC(C)(C)CCCCC(=O)CCCCC(C)(C)CCO. The molecular formula is C19H38O3. The average molecular weight is 315 g/mol. The van der Waals surface area contributed by atoms with E-state index in [1.165, 1.54) is 0 Å². The van der Waals surface area contributed by atoms with Crippen molar-refractivity contribution in [2.75, 3.05) is 20.3 Å². The summed E-state index contributed by atoms with van der Waals surface area (Å²) in [5, 5.41) is 9.00. The third-order valence-corrected chi connectivity index (χ3v) is 4.44. The van der Waals surface area contributed by atoms with Gasteiger partial charge in [-0.05, 0) is 42.9 Å². The van der Waals surface area contributed by atoms with Crippen molar-refractivity contribution in [2.45, 2.75) is 85.5 Å². The first-order valence-corrected chi connectivity index (χ1v) is 8.84. The van der Waals surface area contributed by atoms with Crippen molar-refractivity contribution in [1.29, 1.82) is 0 Å². The van der Waals surface area contributed by atoms with E-state index in [-0.39, 0.29) is 17.4 Å². The summed E-state index contributed by atoms with van der Waals surface area (Å²) in [4.78, 5) is 11.9. The number of carbonyl (C=O) groups is 1. The molecule has 0 spiro atoms. The molecule has 0 aliphatic heterocycles. The fourth-order valence-electron chi connectivity index (χ4n) is 2.87. The molecule has 0 aromatic heterocycles. The second kappa shape index (κ2) is 11.2. The summed E-state index contributed by atoms with van der Waals surface area (Å²) in [5.74, 6) is 0.407. The van der Waals surface area contributed by atoms with Gasteiger partial charge < -0.3 is 9.84 Å². The molecule has 1 N–H and O–H groups in total. The van der Waals surface area contributed by atoms with Crippen LogP contribution in [-0.4, -0.2) is 31.2 Å². The zero-order valence-electron chi connectivity index (χ0n) is 15.5. The minimum atomic E-state index is 0.199. The molecule has 0 rings (SSSR count). The Hall–Kier alpha value is -0.410. The maximum atomic E-state index is 11.9. The molecule has 0 unspecified atom stereocenters.